The van der Waals surface area contributed by atoms with Gasteiger partial charge in [-0.3, -0.25) is 4.79 Å². The number of hydrogen-bond donors (Lipinski definition) is 2. The number of hydrogen-bond acceptors (Lipinski definition) is 5. The molecule has 1 heterocycles. The average molecular weight is 368 g/mol. The Balaban J connectivity index is 0.00000208. The maximum atomic E-state index is 12.2. The normalized spacial score (nSPS) is 14.2. The summed E-state index contributed by atoms with van der Waals surface area (Å²) in [5.74, 6) is 0.597. The highest BCUT2D eigenvalue weighted by Gasteiger charge is 2.17. The summed E-state index contributed by atoms with van der Waals surface area (Å²) < 4.78 is 5.96. The van der Waals surface area contributed by atoms with Gasteiger partial charge in [0.2, 0.25) is 0 Å². The Morgan fingerprint density at radius 1 is 1.38 bits per heavy atom. The lowest BCUT2D eigenvalue weighted by atomic mass is 10.2. The molecule has 0 radical (unpaired) electrons. The summed E-state index contributed by atoms with van der Waals surface area (Å²) >= 11 is 1.46. The SMILES string of the molecule is Cl.NCCc1nc(C(=O)Nc2cccc(OC3CCCC3)c2)cs1. The van der Waals surface area contributed by atoms with Crippen molar-refractivity contribution in [3.63, 3.8) is 0 Å². The van der Waals surface area contributed by atoms with Gasteiger partial charge in [-0.2, -0.15) is 0 Å². The van der Waals surface area contributed by atoms with E-state index in [9.17, 15) is 4.79 Å². The molecule has 0 spiro atoms. The monoisotopic (exact) mass is 367 g/mol. The summed E-state index contributed by atoms with van der Waals surface area (Å²) in [6.45, 7) is 0.537. The van der Waals surface area contributed by atoms with Crippen LogP contribution in [0, 0.1) is 0 Å². The molecule has 1 aromatic carbocycles. The summed E-state index contributed by atoms with van der Waals surface area (Å²) in [7, 11) is 0. The van der Waals surface area contributed by atoms with Crippen LogP contribution >= 0.6 is 23.7 Å². The largest absolute Gasteiger partial charge is 0.490 e. The van der Waals surface area contributed by atoms with Crippen LogP contribution in [0.1, 0.15) is 41.2 Å². The van der Waals surface area contributed by atoms with Gasteiger partial charge in [0.25, 0.3) is 5.91 Å². The second-order valence-corrected chi connectivity index (χ2v) is 6.61. The van der Waals surface area contributed by atoms with Gasteiger partial charge in [0.15, 0.2) is 0 Å². The van der Waals surface area contributed by atoms with Gasteiger partial charge in [-0.1, -0.05) is 6.07 Å². The number of carbonyl (C=O) groups excluding carboxylic acids is 1. The number of amides is 1. The molecule has 1 saturated carbocycles. The Labute approximate surface area is 152 Å². The molecule has 7 heteroatoms. The first-order valence-electron chi connectivity index (χ1n) is 7.97. The molecule has 1 aromatic heterocycles. The maximum Gasteiger partial charge on any atom is 0.275 e. The molecule has 24 heavy (non-hydrogen) atoms. The molecule has 1 fully saturated rings. The van der Waals surface area contributed by atoms with Crippen LogP contribution in [0.25, 0.3) is 0 Å². The van der Waals surface area contributed by atoms with Crippen molar-refractivity contribution in [2.75, 3.05) is 11.9 Å². The molecule has 1 amide bonds. The fourth-order valence-corrected chi connectivity index (χ4v) is 3.49. The van der Waals surface area contributed by atoms with E-state index in [1.165, 1.54) is 24.2 Å². The second-order valence-electron chi connectivity index (χ2n) is 5.67. The van der Waals surface area contributed by atoms with Gasteiger partial charge < -0.3 is 15.8 Å². The molecule has 0 bridgehead atoms. The van der Waals surface area contributed by atoms with Crippen molar-refractivity contribution in [1.82, 2.24) is 4.98 Å². The summed E-state index contributed by atoms with van der Waals surface area (Å²) in [6, 6.07) is 7.53. The van der Waals surface area contributed by atoms with Crippen molar-refractivity contribution in [1.29, 1.82) is 0 Å². The number of rotatable bonds is 6. The van der Waals surface area contributed by atoms with Gasteiger partial charge in [0.05, 0.1) is 11.1 Å². The summed E-state index contributed by atoms with van der Waals surface area (Å²) in [6.07, 6.45) is 5.69. The van der Waals surface area contributed by atoms with Crippen molar-refractivity contribution >= 4 is 35.3 Å². The Hall–Kier alpha value is -1.63. The van der Waals surface area contributed by atoms with E-state index in [1.807, 2.05) is 24.3 Å². The molecule has 2 aromatic rings. The zero-order chi connectivity index (χ0) is 16.1. The molecule has 0 atom stereocenters. The molecule has 0 unspecified atom stereocenters. The Morgan fingerprint density at radius 2 is 2.17 bits per heavy atom. The van der Waals surface area contributed by atoms with E-state index in [1.54, 1.807) is 5.38 Å². The van der Waals surface area contributed by atoms with E-state index in [2.05, 4.69) is 10.3 Å². The first-order valence-corrected chi connectivity index (χ1v) is 8.85. The minimum Gasteiger partial charge on any atom is -0.490 e. The number of anilines is 1. The second kappa shape index (κ2) is 9.01. The number of ether oxygens (including phenoxy) is 1. The number of thiazole rings is 1. The van der Waals surface area contributed by atoms with Crippen LogP contribution in [0.2, 0.25) is 0 Å². The molecule has 0 aliphatic heterocycles. The molecular weight excluding hydrogens is 346 g/mol. The molecule has 3 rings (SSSR count). The number of carbonyl (C=O) groups is 1. The molecule has 1 aliphatic rings. The zero-order valence-electron chi connectivity index (χ0n) is 13.4. The van der Waals surface area contributed by atoms with Crippen LogP contribution in [-0.4, -0.2) is 23.5 Å². The lowest BCUT2D eigenvalue weighted by molar-refractivity contribution is 0.102. The zero-order valence-corrected chi connectivity index (χ0v) is 15.0. The van der Waals surface area contributed by atoms with Crippen LogP contribution in [0.5, 0.6) is 5.75 Å². The van der Waals surface area contributed by atoms with E-state index in [4.69, 9.17) is 10.5 Å². The van der Waals surface area contributed by atoms with Gasteiger partial charge in [-0.05, 0) is 44.4 Å². The topological polar surface area (TPSA) is 77.2 Å². The number of nitrogens with two attached hydrogens (primary N) is 1. The first-order chi connectivity index (χ1) is 11.2. The molecule has 1 aliphatic carbocycles. The molecule has 130 valence electrons. The van der Waals surface area contributed by atoms with Gasteiger partial charge in [0.1, 0.15) is 11.4 Å². The van der Waals surface area contributed by atoms with Gasteiger partial charge >= 0.3 is 0 Å². The highest BCUT2D eigenvalue weighted by molar-refractivity contribution is 7.09. The van der Waals surface area contributed by atoms with Crippen molar-refractivity contribution in [2.24, 2.45) is 5.73 Å². The van der Waals surface area contributed by atoms with Crippen LogP contribution in [0.3, 0.4) is 0 Å². The first kappa shape index (κ1) is 18.7. The summed E-state index contributed by atoms with van der Waals surface area (Å²) in [4.78, 5) is 16.5. The predicted octanol–water partition coefficient (Wildman–Crippen LogP) is 3.64. The van der Waals surface area contributed by atoms with Gasteiger partial charge in [-0.15, -0.1) is 23.7 Å². The standard InChI is InChI=1S/C17H21N3O2S.ClH/c18-9-8-16-20-15(11-23-16)17(21)19-12-4-3-7-14(10-12)22-13-5-1-2-6-13;/h3-4,7,10-11,13H,1-2,5-6,8-9,18H2,(H,19,21);1H. The predicted molar refractivity (Wildman–Crippen MR) is 99.4 cm³/mol. The van der Waals surface area contributed by atoms with E-state index in [-0.39, 0.29) is 18.3 Å². The van der Waals surface area contributed by atoms with Crippen LogP contribution < -0.4 is 15.8 Å². The van der Waals surface area contributed by atoms with Crippen LogP contribution in [0.15, 0.2) is 29.6 Å². The number of halogens is 1. The summed E-state index contributed by atoms with van der Waals surface area (Å²) in [5, 5.41) is 5.52. The van der Waals surface area contributed by atoms with Gasteiger partial charge in [-0.25, -0.2) is 4.98 Å². The fraction of sp³-hybridized carbons (Fsp3) is 0.412. The highest BCUT2D eigenvalue weighted by atomic mass is 35.5. The van der Waals surface area contributed by atoms with E-state index >= 15 is 0 Å². The van der Waals surface area contributed by atoms with Crippen LogP contribution in [0.4, 0.5) is 5.69 Å². The maximum absolute atomic E-state index is 12.2. The van der Waals surface area contributed by atoms with Crippen molar-refractivity contribution < 1.29 is 9.53 Å². The number of nitrogens with one attached hydrogen (secondary N) is 1. The Bertz CT molecular complexity index is 671. The number of aromatic nitrogens is 1. The number of benzene rings is 1. The quantitative estimate of drug-likeness (QED) is 0.817. The average Bonchev–Trinajstić information content (AvgIpc) is 3.20. The molecular formula is C17H22ClN3O2S. The smallest absolute Gasteiger partial charge is 0.275 e. The van der Waals surface area contributed by atoms with Crippen LogP contribution in [-0.2, 0) is 6.42 Å². The Kier molecular flexibility index (Phi) is 7.02. The summed E-state index contributed by atoms with van der Waals surface area (Å²) in [5.41, 5.74) is 6.66. The van der Waals surface area contributed by atoms with Gasteiger partial charge in [0, 0.05) is 23.6 Å². The van der Waals surface area contributed by atoms with Crippen molar-refractivity contribution in [3.05, 3.63) is 40.3 Å². The lowest BCUT2D eigenvalue weighted by Crippen LogP contribution is -2.14. The lowest BCUT2D eigenvalue weighted by Gasteiger charge is -2.14. The third-order valence-corrected chi connectivity index (χ3v) is 4.75. The van der Waals surface area contributed by atoms with E-state index < -0.39 is 0 Å². The molecule has 0 saturated heterocycles. The number of nitrogens with zero attached hydrogens (tertiary/aromatic N) is 1. The van der Waals surface area contributed by atoms with E-state index in [0.717, 1.165) is 29.3 Å². The molecule has 3 N–H and O–H groups in total. The van der Waals surface area contributed by atoms with E-state index in [0.29, 0.717) is 24.8 Å². The minimum absolute atomic E-state index is 0. The highest BCUT2D eigenvalue weighted by Crippen LogP contribution is 2.26. The Morgan fingerprint density at radius 3 is 2.92 bits per heavy atom. The van der Waals surface area contributed by atoms with Crippen molar-refractivity contribution in [3.8, 4) is 5.75 Å². The van der Waals surface area contributed by atoms with Crippen molar-refractivity contribution in [2.45, 2.75) is 38.2 Å². The third kappa shape index (κ3) is 4.93. The molecule has 5 nitrogen and oxygen atoms in total. The minimum atomic E-state index is -0.206. The third-order valence-electron chi connectivity index (χ3n) is 3.84. The fourth-order valence-electron chi connectivity index (χ4n) is 2.69.